The lowest BCUT2D eigenvalue weighted by Crippen LogP contribution is -2.43. The van der Waals surface area contributed by atoms with E-state index in [1.54, 1.807) is 0 Å². The van der Waals surface area contributed by atoms with Crippen molar-refractivity contribution in [3.05, 3.63) is 29.8 Å². The number of hydrogen-bond donors (Lipinski definition) is 3. The lowest BCUT2D eigenvalue weighted by molar-refractivity contribution is 0.0539. The lowest BCUT2D eigenvalue weighted by Gasteiger charge is -2.38. The van der Waals surface area contributed by atoms with E-state index in [1.165, 1.54) is 19.3 Å². The maximum atomic E-state index is 10.4. The summed E-state index contributed by atoms with van der Waals surface area (Å²) in [6.45, 7) is 1.64. The molecule has 0 aliphatic heterocycles. The van der Waals surface area contributed by atoms with Crippen molar-refractivity contribution in [1.29, 1.82) is 0 Å². The van der Waals surface area contributed by atoms with Crippen LogP contribution in [0.25, 0.3) is 0 Å². The van der Waals surface area contributed by atoms with E-state index in [0.717, 1.165) is 18.5 Å². The number of nitrogens with two attached hydrogens (primary N) is 1. The van der Waals surface area contributed by atoms with E-state index in [0.29, 0.717) is 18.3 Å². The van der Waals surface area contributed by atoms with Crippen LogP contribution in [0.2, 0.25) is 0 Å². The minimum Gasteiger partial charge on any atom is -0.398 e. The van der Waals surface area contributed by atoms with E-state index in [4.69, 9.17) is 10.8 Å². The first-order valence-corrected chi connectivity index (χ1v) is 7.09. The first kappa shape index (κ1) is 14.3. The van der Waals surface area contributed by atoms with Gasteiger partial charge in [0.1, 0.15) is 0 Å². The molecule has 106 valence electrons. The van der Waals surface area contributed by atoms with Crippen molar-refractivity contribution in [2.45, 2.75) is 37.8 Å². The minimum absolute atomic E-state index is 0.201. The summed E-state index contributed by atoms with van der Waals surface area (Å²) in [4.78, 5) is 2.29. The van der Waals surface area contributed by atoms with E-state index in [2.05, 4.69) is 4.90 Å². The van der Waals surface area contributed by atoms with Gasteiger partial charge in [0.15, 0.2) is 0 Å². The van der Waals surface area contributed by atoms with Gasteiger partial charge in [0.25, 0.3) is 0 Å². The van der Waals surface area contributed by atoms with Crippen LogP contribution in [-0.4, -0.2) is 40.9 Å². The lowest BCUT2D eigenvalue weighted by atomic mass is 9.90. The van der Waals surface area contributed by atoms with Crippen molar-refractivity contribution in [3.8, 4) is 0 Å². The molecule has 4 N–H and O–H groups in total. The van der Waals surface area contributed by atoms with Gasteiger partial charge >= 0.3 is 0 Å². The molecule has 19 heavy (non-hydrogen) atoms. The fraction of sp³-hybridized carbons (Fsp3) is 0.600. The van der Waals surface area contributed by atoms with Crippen molar-refractivity contribution < 1.29 is 10.2 Å². The largest absolute Gasteiger partial charge is 0.398 e. The summed E-state index contributed by atoms with van der Waals surface area (Å²) in [5.74, 6) is 0. The predicted octanol–water partition coefficient (Wildman–Crippen LogP) is 1.54. The van der Waals surface area contributed by atoms with Crippen LogP contribution in [0.5, 0.6) is 0 Å². The van der Waals surface area contributed by atoms with Crippen LogP contribution in [0.1, 0.15) is 37.4 Å². The molecule has 0 radical (unpaired) electrons. The van der Waals surface area contributed by atoms with E-state index >= 15 is 0 Å². The number of hydrogen-bond acceptors (Lipinski definition) is 4. The molecule has 0 bridgehead atoms. The van der Waals surface area contributed by atoms with Crippen LogP contribution in [0.4, 0.5) is 5.69 Å². The Morgan fingerprint density at radius 2 is 2.05 bits per heavy atom. The average Bonchev–Trinajstić information content (AvgIpc) is 2.34. The number of aliphatic hydroxyl groups excluding tert-OH is 2. The first-order valence-electron chi connectivity index (χ1n) is 7.09. The van der Waals surface area contributed by atoms with Gasteiger partial charge in [-0.05, 0) is 25.3 Å². The predicted molar refractivity (Wildman–Crippen MR) is 76.7 cm³/mol. The zero-order valence-corrected chi connectivity index (χ0v) is 11.3. The number of nitrogen functional groups attached to an aromatic ring is 1. The van der Waals surface area contributed by atoms with Crippen LogP contribution >= 0.6 is 0 Å². The molecule has 4 heteroatoms. The molecule has 1 aliphatic rings. The van der Waals surface area contributed by atoms with Crippen molar-refractivity contribution in [2.24, 2.45) is 0 Å². The maximum absolute atomic E-state index is 10.4. The summed E-state index contributed by atoms with van der Waals surface area (Å²) in [6, 6.07) is 8.04. The highest BCUT2D eigenvalue weighted by atomic mass is 16.3. The van der Waals surface area contributed by atoms with Crippen molar-refractivity contribution in [3.63, 3.8) is 0 Å². The van der Waals surface area contributed by atoms with E-state index in [9.17, 15) is 5.11 Å². The Kier molecular flexibility index (Phi) is 5.19. The molecule has 1 unspecified atom stereocenters. The normalized spacial score (nSPS) is 17.4. The zero-order valence-electron chi connectivity index (χ0n) is 11.3. The Balaban J connectivity index is 1.97. The molecule has 0 spiro atoms. The standard InChI is InChI=1S/C15H24N2O2/c16-14-8-2-1-7-13(14)15(19)11-17(9-4-10-18)12-5-3-6-12/h1-2,7-8,12,15,18-19H,3-6,9-11,16H2. The fourth-order valence-corrected chi connectivity index (χ4v) is 2.58. The van der Waals surface area contributed by atoms with Gasteiger partial charge in [0.2, 0.25) is 0 Å². The van der Waals surface area contributed by atoms with Gasteiger partial charge in [-0.15, -0.1) is 0 Å². The number of nitrogens with zero attached hydrogens (tertiary/aromatic N) is 1. The molecule has 4 nitrogen and oxygen atoms in total. The van der Waals surface area contributed by atoms with Crippen LogP contribution in [0.3, 0.4) is 0 Å². The molecular formula is C15H24N2O2. The summed E-state index contributed by atoms with van der Waals surface area (Å²) < 4.78 is 0. The summed E-state index contributed by atoms with van der Waals surface area (Å²) in [7, 11) is 0. The monoisotopic (exact) mass is 264 g/mol. The molecule has 0 aromatic heterocycles. The highest BCUT2D eigenvalue weighted by Gasteiger charge is 2.26. The highest BCUT2D eigenvalue weighted by Crippen LogP contribution is 2.28. The molecule has 1 aliphatic carbocycles. The molecule has 0 heterocycles. The third-order valence-electron chi connectivity index (χ3n) is 3.96. The highest BCUT2D eigenvalue weighted by molar-refractivity contribution is 5.47. The number of anilines is 1. The summed E-state index contributed by atoms with van der Waals surface area (Å²) in [6.07, 6.45) is 3.86. The SMILES string of the molecule is Nc1ccccc1C(O)CN(CCCO)C1CCC1. The maximum Gasteiger partial charge on any atom is 0.0936 e. The van der Waals surface area contributed by atoms with Crippen molar-refractivity contribution >= 4 is 5.69 Å². The quantitative estimate of drug-likeness (QED) is 0.653. The second-order valence-corrected chi connectivity index (χ2v) is 5.30. The van der Waals surface area contributed by atoms with E-state index in [-0.39, 0.29) is 6.61 Å². The molecule has 0 amide bonds. The molecule has 1 aromatic carbocycles. The number of benzene rings is 1. The van der Waals surface area contributed by atoms with Crippen LogP contribution in [0, 0.1) is 0 Å². The van der Waals surface area contributed by atoms with Gasteiger partial charge in [0, 0.05) is 37.0 Å². The van der Waals surface area contributed by atoms with E-state index in [1.807, 2.05) is 24.3 Å². The Hall–Kier alpha value is -1.10. The molecule has 1 saturated carbocycles. The van der Waals surface area contributed by atoms with Crippen LogP contribution in [0.15, 0.2) is 24.3 Å². The fourth-order valence-electron chi connectivity index (χ4n) is 2.58. The third kappa shape index (κ3) is 3.69. The van der Waals surface area contributed by atoms with Crippen molar-refractivity contribution in [2.75, 3.05) is 25.4 Å². The molecular weight excluding hydrogens is 240 g/mol. The molecule has 1 aromatic rings. The van der Waals surface area contributed by atoms with Crippen molar-refractivity contribution in [1.82, 2.24) is 4.90 Å². The Labute approximate surface area is 114 Å². The molecule has 1 fully saturated rings. The Bertz CT molecular complexity index is 393. The molecule has 1 atom stereocenters. The second-order valence-electron chi connectivity index (χ2n) is 5.30. The first-order chi connectivity index (χ1) is 9.22. The van der Waals surface area contributed by atoms with Gasteiger partial charge in [-0.1, -0.05) is 24.6 Å². The van der Waals surface area contributed by atoms with E-state index < -0.39 is 6.10 Å². The van der Waals surface area contributed by atoms with Gasteiger partial charge < -0.3 is 15.9 Å². The van der Waals surface area contributed by atoms with Gasteiger partial charge in [-0.25, -0.2) is 0 Å². The Morgan fingerprint density at radius 1 is 1.32 bits per heavy atom. The van der Waals surface area contributed by atoms with Crippen LogP contribution in [-0.2, 0) is 0 Å². The van der Waals surface area contributed by atoms with Gasteiger partial charge in [0.05, 0.1) is 6.10 Å². The average molecular weight is 264 g/mol. The molecule has 2 rings (SSSR count). The molecule has 0 saturated heterocycles. The summed E-state index contributed by atoms with van der Waals surface area (Å²) in [5.41, 5.74) is 7.35. The zero-order chi connectivity index (χ0) is 13.7. The number of rotatable bonds is 7. The summed E-state index contributed by atoms with van der Waals surface area (Å²) >= 11 is 0. The third-order valence-corrected chi connectivity index (χ3v) is 3.96. The number of para-hydroxylation sites is 1. The minimum atomic E-state index is -0.555. The smallest absolute Gasteiger partial charge is 0.0936 e. The van der Waals surface area contributed by atoms with Gasteiger partial charge in [-0.3, -0.25) is 4.90 Å². The van der Waals surface area contributed by atoms with Crippen LogP contribution < -0.4 is 5.73 Å². The van der Waals surface area contributed by atoms with Gasteiger partial charge in [-0.2, -0.15) is 0 Å². The Morgan fingerprint density at radius 3 is 2.63 bits per heavy atom. The topological polar surface area (TPSA) is 69.7 Å². The second kappa shape index (κ2) is 6.89. The summed E-state index contributed by atoms with van der Waals surface area (Å²) in [5, 5.41) is 19.3. The number of aliphatic hydroxyl groups is 2.